The first-order chi connectivity index (χ1) is 8.10. The van der Waals surface area contributed by atoms with Gasteiger partial charge in [0.2, 0.25) is 0 Å². The monoisotopic (exact) mass is 302 g/mol. The van der Waals surface area contributed by atoms with Crippen LogP contribution in [0.5, 0.6) is 11.5 Å². The number of carboxylic acid groups (broad SMARTS) is 1. The highest BCUT2D eigenvalue weighted by Crippen LogP contribution is 2.37. The second kappa shape index (κ2) is 6.49. The zero-order valence-electron chi connectivity index (χ0n) is 9.83. The standard InChI is InChI=1S/C12H15BrO4/c1-3-5-17-11-9(13)6-8(12(14)15)7-10(11)16-4-2/h6-7H,3-5H2,1-2H3,(H,14,15). The van der Waals surface area contributed by atoms with Crippen molar-refractivity contribution < 1.29 is 19.4 Å². The Morgan fingerprint density at radius 2 is 2.06 bits per heavy atom. The van der Waals surface area contributed by atoms with E-state index in [-0.39, 0.29) is 5.56 Å². The Bertz CT molecular complexity index is 404. The molecule has 1 aromatic carbocycles. The van der Waals surface area contributed by atoms with Crippen molar-refractivity contribution in [1.82, 2.24) is 0 Å². The van der Waals surface area contributed by atoms with Crippen LogP contribution < -0.4 is 9.47 Å². The van der Waals surface area contributed by atoms with Crippen LogP contribution in [0, 0.1) is 0 Å². The Morgan fingerprint density at radius 1 is 1.35 bits per heavy atom. The van der Waals surface area contributed by atoms with Gasteiger partial charge in [-0.3, -0.25) is 0 Å². The summed E-state index contributed by atoms with van der Waals surface area (Å²) in [6.45, 7) is 4.86. The molecule has 0 aliphatic carbocycles. The third kappa shape index (κ3) is 3.63. The van der Waals surface area contributed by atoms with Crippen molar-refractivity contribution in [3.63, 3.8) is 0 Å². The molecule has 0 radical (unpaired) electrons. The Hall–Kier alpha value is -1.23. The average Bonchev–Trinajstić information content (AvgIpc) is 2.28. The van der Waals surface area contributed by atoms with Crippen molar-refractivity contribution >= 4 is 21.9 Å². The molecule has 0 saturated carbocycles. The molecular formula is C12H15BrO4. The summed E-state index contributed by atoms with van der Waals surface area (Å²) in [6.07, 6.45) is 0.874. The van der Waals surface area contributed by atoms with E-state index in [0.29, 0.717) is 29.2 Å². The minimum Gasteiger partial charge on any atom is -0.490 e. The number of aromatic carboxylic acids is 1. The quantitative estimate of drug-likeness (QED) is 0.875. The van der Waals surface area contributed by atoms with Gasteiger partial charge < -0.3 is 14.6 Å². The van der Waals surface area contributed by atoms with E-state index in [1.165, 1.54) is 12.1 Å². The summed E-state index contributed by atoms with van der Waals surface area (Å²) in [5, 5.41) is 8.95. The molecule has 0 heterocycles. The minimum atomic E-state index is -0.992. The van der Waals surface area contributed by atoms with Gasteiger partial charge in [0.25, 0.3) is 0 Å². The van der Waals surface area contributed by atoms with Crippen LogP contribution in [0.3, 0.4) is 0 Å². The second-order valence-corrected chi connectivity index (χ2v) is 4.23. The average molecular weight is 303 g/mol. The second-order valence-electron chi connectivity index (χ2n) is 3.37. The fourth-order valence-electron chi connectivity index (χ4n) is 1.30. The van der Waals surface area contributed by atoms with Crippen LogP contribution in [0.1, 0.15) is 30.6 Å². The summed E-state index contributed by atoms with van der Waals surface area (Å²) in [5.74, 6) is 0.0140. The van der Waals surface area contributed by atoms with E-state index < -0.39 is 5.97 Å². The molecule has 0 aliphatic rings. The smallest absolute Gasteiger partial charge is 0.335 e. The van der Waals surface area contributed by atoms with Crippen molar-refractivity contribution in [2.45, 2.75) is 20.3 Å². The predicted octanol–water partition coefficient (Wildman–Crippen LogP) is 3.33. The first kappa shape index (κ1) is 13.8. The number of rotatable bonds is 6. The molecule has 1 N–H and O–H groups in total. The van der Waals surface area contributed by atoms with E-state index in [2.05, 4.69) is 15.9 Å². The molecule has 0 fully saturated rings. The number of carboxylic acids is 1. The van der Waals surface area contributed by atoms with Gasteiger partial charge in [-0.25, -0.2) is 4.79 Å². The molecule has 0 spiro atoms. The molecule has 0 aliphatic heterocycles. The Morgan fingerprint density at radius 3 is 2.59 bits per heavy atom. The van der Waals surface area contributed by atoms with Gasteiger partial charge >= 0.3 is 5.97 Å². The molecule has 94 valence electrons. The molecule has 1 aromatic rings. The maximum atomic E-state index is 10.9. The predicted molar refractivity (Wildman–Crippen MR) is 68.1 cm³/mol. The topological polar surface area (TPSA) is 55.8 Å². The van der Waals surface area contributed by atoms with Crippen LogP contribution in [0.15, 0.2) is 16.6 Å². The van der Waals surface area contributed by atoms with Gasteiger partial charge in [-0.05, 0) is 41.4 Å². The lowest BCUT2D eigenvalue weighted by atomic mass is 10.2. The summed E-state index contributed by atoms with van der Waals surface area (Å²) < 4.78 is 11.5. The van der Waals surface area contributed by atoms with E-state index in [0.717, 1.165) is 6.42 Å². The lowest BCUT2D eigenvalue weighted by Crippen LogP contribution is -2.04. The third-order valence-electron chi connectivity index (χ3n) is 2.01. The Kier molecular flexibility index (Phi) is 5.28. The van der Waals surface area contributed by atoms with Crippen molar-refractivity contribution in [2.75, 3.05) is 13.2 Å². The highest BCUT2D eigenvalue weighted by molar-refractivity contribution is 9.10. The molecular weight excluding hydrogens is 288 g/mol. The maximum absolute atomic E-state index is 10.9. The molecule has 5 heteroatoms. The lowest BCUT2D eigenvalue weighted by molar-refractivity contribution is 0.0696. The number of ether oxygens (including phenoxy) is 2. The third-order valence-corrected chi connectivity index (χ3v) is 2.60. The van der Waals surface area contributed by atoms with Crippen molar-refractivity contribution in [3.05, 3.63) is 22.2 Å². The van der Waals surface area contributed by atoms with Crippen molar-refractivity contribution in [3.8, 4) is 11.5 Å². The Labute approximate surface area is 109 Å². The van der Waals surface area contributed by atoms with Crippen LogP contribution in [-0.2, 0) is 0 Å². The molecule has 0 aromatic heterocycles. The number of benzene rings is 1. The molecule has 17 heavy (non-hydrogen) atoms. The van der Waals surface area contributed by atoms with Crippen LogP contribution in [0.4, 0.5) is 0 Å². The molecule has 0 bridgehead atoms. The zero-order chi connectivity index (χ0) is 12.8. The summed E-state index contributed by atoms with van der Waals surface area (Å²) in [5.41, 5.74) is 0.171. The molecule has 0 amide bonds. The normalized spacial score (nSPS) is 10.1. The number of carbonyl (C=O) groups is 1. The lowest BCUT2D eigenvalue weighted by Gasteiger charge is -2.13. The first-order valence-corrected chi connectivity index (χ1v) is 6.21. The zero-order valence-corrected chi connectivity index (χ0v) is 11.4. The van der Waals surface area contributed by atoms with E-state index in [1.54, 1.807) is 0 Å². The van der Waals surface area contributed by atoms with Crippen LogP contribution in [0.25, 0.3) is 0 Å². The molecule has 0 saturated heterocycles. The fourth-order valence-corrected chi connectivity index (χ4v) is 1.86. The minimum absolute atomic E-state index is 0.171. The van der Waals surface area contributed by atoms with Crippen molar-refractivity contribution in [1.29, 1.82) is 0 Å². The van der Waals surface area contributed by atoms with E-state index in [4.69, 9.17) is 14.6 Å². The molecule has 0 atom stereocenters. The summed E-state index contributed by atoms with van der Waals surface area (Å²) in [4.78, 5) is 10.9. The van der Waals surface area contributed by atoms with Crippen LogP contribution in [-0.4, -0.2) is 24.3 Å². The van der Waals surface area contributed by atoms with Gasteiger partial charge in [0.15, 0.2) is 11.5 Å². The summed E-state index contributed by atoms with van der Waals surface area (Å²) in [6, 6.07) is 2.98. The number of hydrogen-bond acceptors (Lipinski definition) is 3. The number of hydrogen-bond donors (Lipinski definition) is 1. The van der Waals surface area contributed by atoms with E-state index >= 15 is 0 Å². The largest absolute Gasteiger partial charge is 0.490 e. The number of halogens is 1. The first-order valence-electron chi connectivity index (χ1n) is 5.42. The fraction of sp³-hybridized carbons (Fsp3) is 0.417. The molecule has 0 unspecified atom stereocenters. The summed E-state index contributed by atoms with van der Waals surface area (Å²) in [7, 11) is 0. The molecule has 1 rings (SSSR count). The van der Waals surface area contributed by atoms with Gasteiger partial charge in [-0.15, -0.1) is 0 Å². The van der Waals surface area contributed by atoms with Gasteiger partial charge in [0, 0.05) is 0 Å². The van der Waals surface area contributed by atoms with Gasteiger partial charge in [0.05, 0.1) is 23.2 Å². The SMILES string of the molecule is CCCOc1c(Br)cc(C(=O)O)cc1OCC. The highest BCUT2D eigenvalue weighted by atomic mass is 79.9. The van der Waals surface area contributed by atoms with Crippen LogP contribution in [0.2, 0.25) is 0 Å². The van der Waals surface area contributed by atoms with Crippen LogP contribution >= 0.6 is 15.9 Å². The van der Waals surface area contributed by atoms with E-state index in [9.17, 15) is 4.79 Å². The molecule has 4 nitrogen and oxygen atoms in total. The maximum Gasteiger partial charge on any atom is 0.335 e. The van der Waals surface area contributed by atoms with E-state index in [1.807, 2.05) is 13.8 Å². The summed E-state index contributed by atoms with van der Waals surface area (Å²) >= 11 is 3.30. The highest BCUT2D eigenvalue weighted by Gasteiger charge is 2.15. The van der Waals surface area contributed by atoms with Gasteiger partial charge in [-0.1, -0.05) is 6.92 Å². The van der Waals surface area contributed by atoms with Crippen molar-refractivity contribution in [2.24, 2.45) is 0 Å². The Balaban J connectivity index is 3.12. The van der Waals surface area contributed by atoms with Gasteiger partial charge in [0.1, 0.15) is 0 Å². The van der Waals surface area contributed by atoms with Gasteiger partial charge in [-0.2, -0.15) is 0 Å².